The minimum Gasteiger partial charge on any atom is -0.497 e. The molecule has 2 heterocycles. The minimum absolute atomic E-state index is 0.00867. The lowest BCUT2D eigenvalue weighted by atomic mass is 10.1. The van der Waals surface area contributed by atoms with Gasteiger partial charge in [0.1, 0.15) is 34.8 Å². The van der Waals surface area contributed by atoms with Crippen molar-refractivity contribution < 1.29 is 14.3 Å². The number of nitrogens with one attached hydrogen (secondary N) is 1. The highest BCUT2D eigenvalue weighted by Crippen LogP contribution is 2.25. The van der Waals surface area contributed by atoms with Crippen molar-refractivity contribution in [2.45, 2.75) is 19.9 Å². The molecule has 0 spiro atoms. The lowest BCUT2D eigenvalue weighted by molar-refractivity contribution is -0.112. The summed E-state index contributed by atoms with van der Waals surface area (Å²) in [5.41, 5.74) is 1.75. The molecule has 8 nitrogen and oxygen atoms in total. The molecule has 2 aromatic heterocycles. The molecular weight excluding hydrogens is 450 g/mol. The van der Waals surface area contributed by atoms with E-state index in [1.165, 1.54) is 11.3 Å². The Morgan fingerprint density at radius 3 is 2.65 bits per heavy atom. The summed E-state index contributed by atoms with van der Waals surface area (Å²) >= 11 is 1.30. The van der Waals surface area contributed by atoms with Crippen molar-refractivity contribution in [3.8, 4) is 17.6 Å². The van der Waals surface area contributed by atoms with Crippen LogP contribution in [0.1, 0.15) is 17.5 Å². The van der Waals surface area contributed by atoms with Gasteiger partial charge in [-0.2, -0.15) is 5.26 Å². The van der Waals surface area contributed by atoms with Crippen LogP contribution in [0.4, 0.5) is 5.13 Å². The summed E-state index contributed by atoms with van der Waals surface area (Å²) in [6, 6.07) is 17.3. The average molecular weight is 474 g/mol. The number of carbonyl (C=O) groups is 1. The summed E-state index contributed by atoms with van der Waals surface area (Å²) in [4.78, 5) is 12.7. The molecule has 0 bridgehead atoms. The zero-order valence-electron chi connectivity index (χ0n) is 18.8. The van der Waals surface area contributed by atoms with Crippen LogP contribution in [0, 0.1) is 11.3 Å². The number of nitrogens with zero attached hydrogens (tertiary/aromatic N) is 4. The van der Waals surface area contributed by atoms with E-state index >= 15 is 0 Å². The number of anilines is 1. The summed E-state index contributed by atoms with van der Waals surface area (Å²) in [5.74, 6) is 1.01. The number of hydrogen-bond acceptors (Lipinski definition) is 7. The van der Waals surface area contributed by atoms with Crippen LogP contribution in [0.5, 0.6) is 11.5 Å². The van der Waals surface area contributed by atoms with Crippen molar-refractivity contribution in [3.05, 3.63) is 70.9 Å². The summed E-state index contributed by atoms with van der Waals surface area (Å²) in [7, 11) is 1.62. The Morgan fingerprint density at radius 2 is 1.94 bits per heavy atom. The molecule has 9 heteroatoms. The monoisotopic (exact) mass is 473 g/mol. The Labute approximate surface area is 201 Å². The Bertz CT molecular complexity index is 1370. The second-order valence-corrected chi connectivity index (χ2v) is 8.36. The molecule has 0 saturated carbocycles. The molecule has 0 aliphatic carbocycles. The highest BCUT2D eigenvalue weighted by molar-refractivity contribution is 7.15. The third kappa shape index (κ3) is 5.24. The fraction of sp³-hybridized carbons (Fsp3) is 0.200. The number of fused-ring (bicyclic) bond motifs is 1. The van der Waals surface area contributed by atoms with Gasteiger partial charge < -0.3 is 14.0 Å². The molecule has 0 aliphatic heterocycles. The molecule has 2 aromatic carbocycles. The van der Waals surface area contributed by atoms with Gasteiger partial charge in [0.15, 0.2) is 0 Å². The van der Waals surface area contributed by atoms with Gasteiger partial charge in [0.05, 0.1) is 13.7 Å². The van der Waals surface area contributed by atoms with Crippen LogP contribution < -0.4 is 14.8 Å². The lowest BCUT2D eigenvalue weighted by Crippen LogP contribution is -2.13. The Morgan fingerprint density at radius 1 is 1.18 bits per heavy atom. The molecule has 0 aliphatic rings. The highest BCUT2D eigenvalue weighted by atomic mass is 32.1. The predicted molar refractivity (Wildman–Crippen MR) is 132 cm³/mol. The van der Waals surface area contributed by atoms with Crippen molar-refractivity contribution in [3.63, 3.8) is 0 Å². The summed E-state index contributed by atoms with van der Waals surface area (Å²) < 4.78 is 13.1. The van der Waals surface area contributed by atoms with Crippen LogP contribution >= 0.6 is 11.3 Å². The fourth-order valence-electron chi connectivity index (χ4n) is 3.42. The first-order chi connectivity index (χ1) is 16.6. The molecule has 1 amide bonds. The number of para-hydroxylation sites is 1. The number of rotatable bonds is 9. The normalized spacial score (nSPS) is 11.3. The maximum Gasteiger partial charge on any atom is 0.268 e. The first-order valence-corrected chi connectivity index (χ1v) is 11.5. The van der Waals surface area contributed by atoms with E-state index in [9.17, 15) is 10.1 Å². The van der Waals surface area contributed by atoms with Gasteiger partial charge in [-0.3, -0.25) is 10.1 Å². The molecule has 0 radical (unpaired) electrons. The number of benzene rings is 2. The van der Waals surface area contributed by atoms with E-state index in [1.807, 2.05) is 67.7 Å². The van der Waals surface area contributed by atoms with Crippen LogP contribution in [-0.2, 0) is 17.8 Å². The van der Waals surface area contributed by atoms with E-state index in [1.54, 1.807) is 13.2 Å². The molecule has 0 saturated heterocycles. The van der Waals surface area contributed by atoms with E-state index in [-0.39, 0.29) is 5.57 Å². The van der Waals surface area contributed by atoms with E-state index in [0.29, 0.717) is 18.3 Å². The number of amides is 1. The van der Waals surface area contributed by atoms with Gasteiger partial charge in [-0.15, -0.1) is 10.2 Å². The van der Waals surface area contributed by atoms with Crippen molar-refractivity contribution in [1.29, 1.82) is 5.26 Å². The SMILES string of the molecule is CCc1nnc(NC(=O)/C(C#N)=C\c2cn(CCOc3ccc(OC)cc3)c3ccccc23)s1. The number of nitriles is 1. The highest BCUT2D eigenvalue weighted by Gasteiger charge is 2.15. The number of carbonyl (C=O) groups excluding carboxylic acids is 1. The van der Waals surface area contributed by atoms with Crippen molar-refractivity contribution in [2.24, 2.45) is 0 Å². The van der Waals surface area contributed by atoms with E-state index in [4.69, 9.17) is 9.47 Å². The minimum atomic E-state index is -0.513. The van der Waals surface area contributed by atoms with Gasteiger partial charge in [0.2, 0.25) is 5.13 Å². The molecule has 0 atom stereocenters. The van der Waals surface area contributed by atoms with Gasteiger partial charge in [0.25, 0.3) is 5.91 Å². The Hall–Kier alpha value is -4.16. The summed E-state index contributed by atoms with van der Waals surface area (Å²) in [6.45, 7) is 3.01. The lowest BCUT2D eigenvalue weighted by Gasteiger charge is -2.09. The maximum absolute atomic E-state index is 12.7. The van der Waals surface area contributed by atoms with Crippen LogP contribution in [-0.4, -0.2) is 34.4 Å². The second-order valence-electron chi connectivity index (χ2n) is 7.30. The quantitative estimate of drug-likeness (QED) is 0.280. The van der Waals surface area contributed by atoms with Crippen molar-refractivity contribution in [1.82, 2.24) is 14.8 Å². The van der Waals surface area contributed by atoms with Gasteiger partial charge in [-0.25, -0.2) is 0 Å². The van der Waals surface area contributed by atoms with Crippen molar-refractivity contribution in [2.75, 3.05) is 19.0 Å². The molecule has 34 heavy (non-hydrogen) atoms. The third-order valence-electron chi connectivity index (χ3n) is 5.13. The first-order valence-electron chi connectivity index (χ1n) is 10.7. The molecule has 4 aromatic rings. The summed E-state index contributed by atoms with van der Waals surface area (Å²) in [6.07, 6.45) is 4.25. The molecule has 172 valence electrons. The van der Waals surface area contributed by atoms with Crippen LogP contribution in [0.2, 0.25) is 0 Å². The van der Waals surface area contributed by atoms with Gasteiger partial charge in [-0.05, 0) is 42.8 Å². The second kappa shape index (κ2) is 10.6. The number of hydrogen-bond donors (Lipinski definition) is 1. The average Bonchev–Trinajstić information content (AvgIpc) is 3.47. The van der Waals surface area contributed by atoms with Gasteiger partial charge >= 0.3 is 0 Å². The third-order valence-corrected chi connectivity index (χ3v) is 6.12. The van der Waals surface area contributed by atoms with Gasteiger partial charge in [-0.1, -0.05) is 36.5 Å². The molecule has 0 fully saturated rings. The standard InChI is InChI=1S/C25H23N5O3S/c1-3-23-28-29-25(34-23)27-24(31)17(15-26)14-18-16-30(22-7-5-4-6-21(18)22)12-13-33-20-10-8-19(32-2)9-11-20/h4-11,14,16H,3,12-13H2,1-2H3,(H,27,29,31)/b17-14-. The number of aromatic nitrogens is 3. The number of ether oxygens (including phenoxy) is 2. The maximum atomic E-state index is 12.7. The summed E-state index contributed by atoms with van der Waals surface area (Å²) in [5, 5.41) is 22.4. The fourth-order valence-corrected chi connectivity index (χ4v) is 4.10. The largest absolute Gasteiger partial charge is 0.497 e. The number of methoxy groups -OCH3 is 1. The predicted octanol–water partition coefficient (Wildman–Crippen LogP) is 4.69. The van der Waals surface area contributed by atoms with E-state index in [2.05, 4.69) is 20.1 Å². The van der Waals surface area contributed by atoms with Gasteiger partial charge in [0, 0.05) is 22.7 Å². The molecule has 1 N–H and O–H groups in total. The zero-order valence-corrected chi connectivity index (χ0v) is 19.6. The van der Waals surface area contributed by atoms with Crippen LogP contribution in [0.3, 0.4) is 0 Å². The zero-order chi connectivity index (χ0) is 23.9. The van der Waals surface area contributed by atoms with Crippen LogP contribution in [0.15, 0.2) is 60.3 Å². The Kier molecular flexibility index (Phi) is 7.20. The van der Waals surface area contributed by atoms with E-state index < -0.39 is 5.91 Å². The molecule has 4 rings (SSSR count). The smallest absolute Gasteiger partial charge is 0.268 e. The Balaban J connectivity index is 1.52. The molecular formula is C25H23N5O3S. The molecule has 0 unspecified atom stereocenters. The van der Waals surface area contributed by atoms with Crippen molar-refractivity contribution >= 4 is 39.4 Å². The topological polar surface area (TPSA) is 102 Å². The first kappa shape index (κ1) is 23.0. The van der Waals surface area contributed by atoms with E-state index in [0.717, 1.165) is 39.4 Å². The number of aryl methyl sites for hydroxylation is 1. The van der Waals surface area contributed by atoms with Crippen LogP contribution in [0.25, 0.3) is 17.0 Å².